The molecule has 1 atom stereocenters. The molecule has 0 N–H and O–H groups in total. The van der Waals surface area contributed by atoms with Crippen molar-refractivity contribution in [3.63, 3.8) is 0 Å². The van der Waals surface area contributed by atoms with Crippen molar-refractivity contribution in [2.45, 2.75) is 25.4 Å². The molecule has 2 aliphatic heterocycles. The average Bonchev–Trinajstić information content (AvgIpc) is 3.09. The zero-order valence-electron chi connectivity index (χ0n) is 14.8. The number of nitrogens with zero attached hydrogens (tertiary/aromatic N) is 4. The molecule has 0 amide bonds. The molecule has 2 aliphatic rings. The van der Waals surface area contributed by atoms with Crippen molar-refractivity contribution in [2.24, 2.45) is 0 Å². The zero-order chi connectivity index (χ0) is 17.2. The lowest BCUT2D eigenvalue weighted by Crippen LogP contribution is -2.25. The predicted molar refractivity (Wildman–Crippen MR) is 96.2 cm³/mol. The summed E-state index contributed by atoms with van der Waals surface area (Å²) in [5.41, 5.74) is 2.37. The minimum absolute atomic E-state index is 0.352. The van der Waals surface area contributed by atoms with Gasteiger partial charge in [-0.15, -0.1) is 0 Å². The quantitative estimate of drug-likeness (QED) is 0.853. The van der Waals surface area contributed by atoms with E-state index in [1.54, 1.807) is 0 Å². The van der Waals surface area contributed by atoms with Gasteiger partial charge in [0.15, 0.2) is 11.5 Å². The number of likely N-dealkylation sites (tertiary alicyclic amines) is 1. The molecule has 1 unspecified atom stereocenters. The Morgan fingerprint density at radius 1 is 1.16 bits per heavy atom. The molecule has 132 valence electrons. The van der Waals surface area contributed by atoms with Gasteiger partial charge in [0.2, 0.25) is 5.95 Å². The standard InChI is InChI=1S/C19H24N4O2/c1-22(2)19-20-11-14(12-21-19)13-23-8-4-6-16(23)15-5-3-7-17-18(15)25-10-9-24-17/h3,5,7,11-12,16H,4,6,8-10,13H2,1-2H3. The van der Waals surface area contributed by atoms with Gasteiger partial charge in [0.05, 0.1) is 0 Å². The summed E-state index contributed by atoms with van der Waals surface area (Å²) >= 11 is 0. The second-order valence-corrected chi connectivity index (χ2v) is 6.79. The van der Waals surface area contributed by atoms with Crippen molar-refractivity contribution in [1.82, 2.24) is 14.9 Å². The first-order valence-electron chi connectivity index (χ1n) is 8.83. The van der Waals surface area contributed by atoms with Crippen LogP contribution >= 0.6 is 0 Å². The Balaban J connectivity index is 1.55. The van der Waals surface area contributed by atoms with Gasteiger partial charge in [0.25, 0.3) is 0 Å². The third kappa shape index (κ3) is 3.26. The zero-order valence-corrected chi connectivity index (χ0v) is 14.8. The van der Waals surface area contributed by atoms with E-state index >= 15 is 0 Å². The maximum absolute atomic E-state index is 5.93. The maximum Gasteiger partial charge on any atom is 0.224 e. The van der Waals surface area contributed by atoms with Crippen molar-refractivity contribution >= 4 is 5.95 Å². The predicted octanol–water partition coefficient (Wildman–Crippen LogP) is 2.65. The third-order valence-corrected chi connectivity index (χ3v) is 4.80. The van der Waals surface area contributed by atoms with E-state index in [0.717, 1.165) is 42.5 Å². The van der Waals surface area contributed by atoms with E-state index < -0.39 is 0 Å². The number of para-hydroxylation sites is 1. The van der Waals surface area contributed by atoms with E-state index in [1.165, 1.54) is 12.0 Å². The second-order valence-electron chi connectivity index (χ2n) is 6.79. The lowest BCUT2D eigenvalue weighted by atomic mass is 10.0. The molecule has 1 aromatic heterocycles. The van der Waals surface area contributed by atoms with Crippen molar-refractivity contribution in [3.8, 4) is 11.5 Å². The van der Waals surface area contributed by atoms with Gasteiger partial charge >= 0.3 is 0 Å². The van der Waals surface area contributed by atoms with Crippen LogP contribution < -0.4 is 14.4 Å². The van der Waals surface area contributed by atoms with E-state index in [4.69, 9.17) is 9.47 Å². The van der Waals surface area contributed by atoms with Crippen LogP contribution in [0.4, 0.5) is 5.95 Å². The largest absolute Gasteiger partial charge is 0.486 e. The Hall–Kier alpha value is -2.34. The molecule has 6 nitrogen and oxygen atoms in total. The smallest absolute Gasteiger partial charge is 0.224 e. The molecular formula is C19H24N4O2. The average molecular weight is 340 g/mol. The number of rotatable bonds is 4. The van der Waals surface area contributed by atoms with E-state index in [2.05, 4.69) is 27.0 Å². The molecule has 1 fully saturated rings. The Morgan fingerprint density at radius 2 is 1.96 bits per heavy atom. The molecular weight excluding hydrogens is 316 g/mol. The highest BCUT2D eigenvalue weighted by Crippen LogP contribution is 2.43. The van der Waals surface area contributed by atoms with Gasteiger partial charge in [-0.05, 0) is 25.5 Å². The van der Waals surface area contributed by atoms with Gasteiger partial charge in [-0.1, -0.05) is 12.1 Å². The molecule has 1 aromatic carbocycles. The topological polar surface area (TPSA) is 50.7 Å². The number of anilines is 1. The van der Waals surface area contributed by atoms with Gasteiger partial charge in [-0.25, -0.2) is 9.97 Å². The molecule has 4 rings (SSSR count). The van der Waals surface area contributed by atoms with Crippen LogP contribution in [-0.4, -0.2) is 48.7 Å². The fourth-order valence-electron chi connectivity index (χ4n) is 3.62. The van der Waals surface area contributed by atoms with Crippen LogP contribution in [0.2, 0.25) is 0 Å². The number of ether oxygens (including phenoxy) is 2. The van der Waals surface area contributed by atoms with E-state index in [0.29, 0.717) is 19.3 Å². The maximum atomic E-state index is 5.93. The normalized spacial score (nSPS) is 19.8. The summed E-state index contributed by atoms with van der Waals surface area (Å²) in [6, 6.07) is 6.58. The van der Waals surface area contributed by atoms with Crippen molar-refractivity contribution in [2.75, 3.05) is 38.8 Å². The van der Waals surface area contributed by atoms with Gasteiger partial charge in [0.1, 0.15) is 13.2 Å². The van der Waals surface area contributed by atoms with E-state index in [-0.39, 0.29) is 0 Å². The number of hydrogen-bond donors (Lipinski definition) is 0. The molecule has 0 bridgehead atoms. The van der Waals surface area contributed by atoms with Crippen LogP contribution in [0.5, 0.6) is 11.5 Å². The highest BCUT2D eigenvalue weighted by atomic mass is 16.6. The highest BCUT2D eigenvalue weighted by molar-refractivity contribution is 5.49. The number of aromatic nitrogens is 2. The SMILES string of the molecule is CN(C)c1ncc(CN2CCCC2c2cccc3c2OCCO3)cn1. The van der Waals surface area contributed by atoms with Crippen LogP contribution in [0.15, 0.2) is 30.6 Å². The fourth-order valence-corrected chi connectivity index (χ4v) is 3.62. The van der Waals surface area contributed by atoms with Gasteiger partial charge in [-0.3, -0.25) is 4.90 Å². The summed E-state index contributed by atoms with van der Waals surface area (Å²) in [4.78, 5) is 13.3. The monoisotopic (exact) mass is 340 g/mol. The van der Waals surface area contributed by atoms with Crippen molar-refractivity contribution < 1.29 is 9.47 Å². The van der Waals surface area contributed by atoms with Crippen molar-refractivity contribution in [1.29, 1.82) is 0 Å². The van der Waals surface area contributed by atoms with Gasteiger partial charge in [-0.2, -0.15) is 0 Å². The molecule has 0 saturated carbocycles. The first-order valence-corrected chi connectivity index (χ1v) is 8.83. The van der Waals surface area contributed by atoms with E-state index in [1.807, 2.05) is 37.5 Å². The third-order valence-electron chi connectivity index (χ3n) is 4.80. The lowest BCUT2D eigenvalue weighted by Gasteiger charge is -2.28. The highest BCUT2D eigenvalue weighted by Gasteiger charge is 2.30. The Morgan fingerprint density at radius 3 is 2.76 bits per heavy atom. The summed E-state index contributed by atoms with van der Waals surface area (Å²) in [5.74, 6) is 2.53. The van der Waals surface area contributed by atoms with Crippen LogP contribution in [0.3, 0.4) is 0 Å². The first kappa shape index (κ1) is 16.1. The van der Waals surface area contributed by atoms with Gasteiger partial charge in [0, 0.05) is 50.2 Å². The molecule has 0 aliphatic carbocycles. The summed E-state index contributed by atoms with van der Waals surface area (Å²) in [6.07, 6.45) is 6.18. The van der Waals surface area contributed by atoms with Crippen molar-refractivity contribution in [3.05, 3.63) is 41.7 Å². The number of benzene rings is 1. The van der Waals surface area contributed by atoms with E-state index in [9.17, 15) is 0 Å². The minimum atomic E-state index is 0.352. The summed E-state index contributed by atoms with van der Waals surface area (Å²) in [7, 11) is 3.90. The summed E-state index contributed by atoms with van der Waals surface area (Å²) in [6.45, 7) is 3.17. The Labute approximate surface area is 148 Å². The molecule has 0 radical (unpaired) electrons. The second kappa shape index (κ2) is 6.88. The molecule has 25 heavy (non-hydrogen) atoms. The van der Waals surface area contributed by atoms with Crippen LogP contribution in [0, 0.1) is 0 Å². The molecule has 3 heterocycles. The number of fused-ring (bicyclic) bond motifs is 1. The lowest BCUT2D eigenvalue weighted by molar-refractivity contribution is 0.163. The fraction of sp³-hybridized carbons (Fsp3) is 0.474. The summed E-state index contributed by atoms with van der Waals surface area (Å²) < 4.78 is 11.7. The molecule has 1 saturated heterocycles. The molecule has 0 spiro atoms. The molecule has 6 heteroatoms. The first-order chi connectivity index (χ1) is 12.2. The Kier molecular flexibility index (Phi) is 4.44. The van der Waals surface area contributed by atoms with Crippen LogP contribution in [-0.2, 0) is 6.54 Å². The van der Waals surface area contributed by atoms with Crippen LogP contribution in [0.25, 0.3) is 0 Å². The molecule has 2 aromatic rings. The summed E-state index contributed by atoms with van der Waals surface area (Å²) in [5, 5.41) is 0. The number of hydrogen-bond acceptors (Lipinski definition) is 6. The Bertz CT molecular complexity index is 733. The van der Waals surface area contributed by atoms with Gasteiger partial charge < -0.3 is 14.4 Å². The minimum Gasteiger partial charge on any atom is -0.486 e. The van der Waals surface area contributed by atoms with Crippen LogP contribution in [0.1, 0.15) is 30.0 Å².